The molecular weight excluding hydrogens is 458 g/mol. The second kappa shape index (κ2) is 8.61. The first-order valence-electron chi connectivity index (χ1n) is 10.7. The molecule has 5 aromatic heterocycles. The van der Waals surface area contributed by atoms with Gasteiger partial charge >= 0.3 is 0 Å². The fraction of sp³-hybridized carbons (Fsp3) is 0.0435. The lowest BCUT2D eigenvalue weighted by molar-refractivity contribution is 0.628. The van der Waals surface area contributed by atoms with Gasteiger partial charge in [-0.2, -0.15) is 4.52 Å². The number of rotatable bonds is 5. The topological polar surface area (TPSA) is 156 Å². The van der Waals surface area contributed by atoms with E-state index in [1.807, 2.05) is 18.2 Å². The minimum Gasteiger partial charge on any atom is -0.368 e. The normalized spacial score (nSPS) is 11.0. The molecule has 0 atom stereocenters. The van der Waals surface area contributed by atoms with Gasteiger partial charge in [-0.05, 0) is 40.3 Å². The molecule has 6 aromatic rings. The summed E-state index contributed by atoms with van der Waals surface area (Å²) in [6.45, 7) is 7.57. The monoisotopic (exact) mass is 473 g/mol. The molecule has 36 heavy (non-hydrogen) atoms. The van der Waals surface area contributed by atoms with Gasteiger partial charge in [-0.1, -0.05) is 18.2 Å². The van der Waals surface area contributed by atoms with Crippen LogP contribution in [-0.4, -0.2) is 54.7 Å². The third-order valence-electron chi connectivity index (χ3n) is 5.40. The van der Waals surface area contributed by atoms with Crippen LogP contribution in [0.2, 0.25) is 0 Å². The molecule has 0 bridgehead atoms. The van der Waals surface area contributed by atoms with Crippen molar-refractivity contribution in [3.8, 4) is 33.9 Å². The van der Waals surface area contributed by atoms with Crippen molar-refractivity contribution in [1.29, 1.82) is 0 Å². The summed E-state index contributed by atoms with van der Waals surface area (Å²) >= 11 is 0. The number of fused-ring (bicyclic) bond motifs is 1. The third kappa shape index (κ3) is 3.64. The summed E-state index contributed by atoms with van der Waals surface area (Å²) < 4.78 is 3.06. The van der Waals surface area contributed by atoms with Gasteiger partial charge in [-0.15, -0.1) is 10.2 Å². The molecule has 2 N–H and O–H groups in total. The molecule has 0 saturated heterocycles. The van der Waals surface area contributed by atoms with Gasteiger partial charge < -0.3 is 5.73 Å². The molecule has 0 fully saturated rings. The van der Waals surface area contributed by atoms with E-state index in [9.17, 15) is 0 Å². The van der Waals surface area contributed by atoms with Crippen LogP contribution in [0.1, 0.15) is 5.82 Å². The molecule has 13 nitrogen and oxygen atoms in total. The molecule has 0 aliphatic carbocycles. The van der Waals surface area contributed by atoms with Gasteiger partial charge in [-0.25, -0.2) is 29.5 Å². The van der Waals surface area contributed by atoms with Gasteiger partial charge in [0.2, 0.25) is 5.95 Å². The number of benzene rings is 1. The first-order chi connectivity index (χ1) is 17.7. The van der Waals surface area contributed by atoms with E-state index in [1.54, 1.807) is 47.5 Å². The molecule has 6 rings (SSSR count). The predicted octanol–water partition coefficient (Wildman–Crippen LogP) is 2.48. The summed E-state index contributed by atoms with van der Waals surface area (Å²) in [4.78, 5) is 25.4. The molecule has 13 heteroatoms. The van der Waals surface area contributed by atoms with E-state index >= 15 is 0 Å². The van der Waals surface area contributed by atoms with Crippen LogP contribution in [0.3, 0.4) is 0 Å². The van der Waals surface area contributed by atoms with Crippen molar-refractivity contribution in [3.63, 3.8) is 0 Å². The summed E-state index contributed by atoms with van der Waals surface area (Å²) in [5.74, 6) is 1.11. The van der Waals surface area contributed by atoms with E-state index in [1.165, 1.54) is 10.8 Å². The highest BCUT2D eigenvalue weighted by Crippen LogP contribution is 2.35. The Labute approximate surface area is 203 Å². The Morgan fingerprint density at radius 1 is 0.972 bits per heavy atom. The van der Waals surface area contributed by atoms with Crippen LogP contribution < -0.4 is 5.73 Å². The number of pyridine rings is 1. The lowest BCUT2D eigenvalue weighted by Crippen LogP contribution is -2.07. The van der Waals surface area contributed by atoms with Crippen LogP contribution in [0.5, 0.6) is 0 Å². The standard InChI is InChI=1S/C23H15N13/c1-25-16-4-2-3-15(11-16)20-19(17-7-10-27-13-28-17)22-29-18(32-36(22)23(24)30-20)12-35-21(31-33-34-35)14-5-8-26-9-6-14/h2-11,13H,12H2,(H2,24,30). The Kier molecular flexibility index (Phi) is 5.01. The smallest absolute Gasteiger partial charge is 0.223 e. The summed E-state index contributed by atoms with van der Waals surface area (Å²) in [5, 5.41) is 16.6. The number of nitrogens with zero attached hydrogens (tertiary/aromatic N) is 12. The zero-order valence-corrected chi connectivity index (χ0v) is 18.5. The van der Waals surface area contributed by atoms with Crippen molar-refractivity contribution in [3.05, 3.63) is 84.6 Å². The Bertz CT molecular complexity index is 1730. The number of tetrazole rings is 1. The summed E-state index contributed by atoms with van der Waals surface area (Å²) in [6.07, 6.45) is 6.42. The van der Waals surface area contributed by atoms with Crippen LogP contribution in [0.4, 0.5) is 11.6 Å². The van der Waals surface area contributed by atoms with Crippen LogP contribution >= 0.6 is 0 Å². The summed E-state index contributed by atoms with van der Waals surface area (Å²) in [5.41, 5.74) is 10.5. The van der Waals surface area contributed by atoms with E-state index in [0.717, 1.165) is 5.56 Å². The third-order valence-corrected chi connectivity index (χ3v) is 5.40. The van der Waals surface area contributed by atoms with Crippen molar-refractivity contribution in [2.45, 2.75) is 6.54 Å². The van der Waals surface area contributed by atoms with Crippen LogP contribution in [0, 0.1) is 6.57 Å². The summed E-state index contributed by atoms with van der Waals surface area (Å²) in [6, 6.07) is 12.5. The van der Waals surface area contributed by atoms with Gasteiger partial charge in [0.15, 0.2) is 23.0 Å². The second-order valence-electron chi connectivity index (χ2n) is 7.61. The van der Waals surface area contributed by atoms with Crippen LogP contribution in [0.25, 0.3) is 44.4 Å². The van der Waals surface area contributed by atoms with E-state index in [2.05, 4.69) is 45.4 Å². The Hall–Kier alpha value is -5.64. The van der Waals surface area contributed by atoms with Crippen molar-refractivity contribution in [1.82, 2.24) is 54.7 Å². The highest BCUT2D eigenvalue weighted by atomic mass is 15.5. The minimum atomic E-state index is 0.135. The van der Waals surface area contributed by atoms with E-state index in [-0.39, 0.29) is 12.5 Å². The molecular formula is C23H15N13. The van der Waals surface area contributed by atoms with Crippen molar-refractivity contribution in [2.75, 3.05) is 5.73 Å². The zero-order valence-electron chi connectivity index (χ0n) is 18.5. The van der Waals surface area contributed by atoms with Crippen molar-refractivity contribution >= 4 is 17.3 Å². The molecule has 0 aliphatic rings. The van der Waals surface area contributed by atoms with Crippen molar-refractivity contribution < 1.29 is 0 Å². The maximum atomic E-state index is 7.38. The highest BCUT2D eigenvalue weighted by Gasteiger charge is 2.22. The average molecular weight is 473 g/mol. The molecule has 0 amide bonds. The van der Waals surface area contributed by atoms with Crippen LogP contribution in [0.15, 0.2) is 67.4 Å². The van der Waals surface area contributed by atoms with E-state index in [4.69, 9.17) is 17.3 Å². The minimum absolute atomic E-state index is 0.135. The number of hydrogen-bond donors (Lipinski definition) is 1. The lowest BCUT2D eigenvalue weighted by atomic mass is 10.0. The Morgan fingerprint density at radius 3 is 2.64 bits per heavy atom. The fourth-order valence-corrected chi connectivity index (χ4v) is 3.83. The first-order valence-corrected chi connectivity index (χ1v) is 10.7. The van der Waals surface area contributed by atoms with Crippen LogP contribution in [-0.2, 0) is 6.54 Å². The van der Waals surface area contributed by atoms with Gasteiger partial charge in [0.1, 0.15) is 12.9 Å². The largest absolute Gasteiger partial charge is 0.368 e. The van der Waals surface area contributed by atoms with Gasteiger partial charge in [-0.3, -0.25) is 4.98 Å². The fourth-order valence-electron chi connectivity index (χ4n) is 3.83. The lowest BCUT2D eigenvalue weighted by Gasteiger charge is -2.11. The predicted molar refractivity (Wildman–Crippen MR) is 128 cm³/mol. The van der Waals surface area contributed by atoms with Gasteiger partial charge in [0.05, 0.1) is 23.5 Å². The molecule has 0 radical (unpaired) electrons. The van der Waals surface area contributed by atoms with E-state index in [0.29, 0.717) is 45.5 Å². The maximum Gasteiger partial charge on any atom is 0.223 e. The quantitative estimate of drug-likeness (QED) is 0.369. The Morgan fingerprint density at radius 2 is 1.83 bits per heavy atom. The molecule has 0 saturated carbocycles. The average Bonchev–Trinajstić information content (AvgIpc) is 3.57. The molecule has 172 valence electrons. The number of aromatic nitrogens is 11. The number of nitrogen functional groups attached to an aromatic ring is 1. The highest BCUT2D eigenvalue weighted by molar-refractivity contribution is 5.89. The molecule has 0 aliphatic heterocycles. The van der Waals surface area contributed by atoms with E-state index < -0.39 is 0 Å². The zero-order chi connectivity index (χ0) is 24.5. The van der Waals surface area contributed by atoms with Crippen molar-refractivity contribution in [2.24, 2.45) is 0 Å². The first kappa shape index (κ1) is 20.9. The number of hydrogen-bond acceptors (Lipinski definition) is 10. The van der Waals surface area contributed by atoms with Gasteiger partial charge in [0.25, 0.3) is 0 Å². The number of anilines is 1. The molecule has 5 heterocycles. The number of nitrogens with two attached hydrogens (primary N) is 1. The SMILES string of the molecule is [C-]#[N+]c1cccc(-c2nc(N)n3nc(Cn4nnnc4-c4ccncc4)nc3c2-c2ccncn2)c1. The second-order valence-corrected chi connectivity index (χ2v) is 7.61. The Balaban J connectivity index is 1.52. The summed E-state index contributed by atoms with van der Waals surface area (Å²) in [7, 11) is 0. The van der Waals surface area contributed by atoms with Gasteiger partial charge in [0, 0.05) is 24.2 Å². The molecule has 0 unspecified atom stereocenters. The maximum absolute atomic E-state index is 7.38. The molecule has 1 aromatic carbocycles. The molecule has 0 spiro atoms.